The van der Waals surface area contributed by atoms with Crippen molar-refractivity contribution in [3.05, 3.63) is 0 Å². The van der Waals surface area contributed by atoms with Gasteiger partial charge in [-0.25, -0.2) is 4.79 Å². The summed E-state index contributed by atoms with van der Waals surface area (Å²) in [6.45, 7) is 2.18. The minimum atomic E-state index is -0.870. The topological polar surface area (TPSA) is 80.3 Å². The van der Waals surface area contributed by atoms with E-state index >= 15 is 0 Å². The van der Waals surface area contributed by atoms with Gasteiger partial charge in [-0.2, -0.15) is 0 Å². The van der Waals surface area contributed by atoms with Crippen molar-refractivity contribution in [2.45, 2.75) is 25.7 Å². The second-order valence-electron chi connectivity index (χ2n) is 4.22. The van der Waals surface area contributed by atoms with Crippen molar-refractivity contribution in [1.29, 1.82) is 1.28 Å². The summed E-state index contributed by atoms with van der Waals surface area (Å²) in [5.41, 5.74) is 0. The Kier molecular flexibility index (Phi) is 17.5. The van der Waals surface area contributed by atoms with E-state index in [0.717, 1.165) is 0 Å². The van der Waals surface area contributed by atoms with Crippen LogP contribution in [-0.4, -0.2) is 77.3 Å². The van der Waals surface area contributed by atoms with Gasteiger partial charge in [-0.05, 0) is 13.5 Å². The van der Waals surface area contributed by atoms with Gasteiger partial charge in [0.15, 0.2) is 25.1 Å². The Balaban J connectivity index is 0. The van der Waals surface area contributed by atoms with E-state index < -0.39 is 19.4 Å². The number of carbonyl (C=O) groups is 1. The number of hydrogen-bond donors (Lipinski definition) is 2. The normalized spacial score (nSPS) is 14.1. The highest BCUT2D eigenvalue weighted by Crippen LogP contribution is 2.04. The first-order chi connectivity index (χ1) is 10.8. The first-order valence-corrected chi connectivity index (χ1v) is 10.4. The van der Waals surface area contributed by atoms with Crippen LogP contribution in [0.5, 0.6) is 0 Å². The molecule has 0 aromatic heterocycles. The number of likely N-dealkylation sites (N-methyl/N-ethyl adjacent to an activating group) is 2. The molecule has 4 unspecified atom stereocenters. The number of methoxy groups -OCH3 is 1. The zero-order valence-corrected chi connectivity index (χ0v) is 16.5. The molecule has 4 atom stereocenters. The van der Waals surface area contributed by atoms with Gasteiger partial charge >= 0.3 is 7.37 Å². The van der Waals surface area contributed by atoms with Crippen LogP contribution in [0.1, 0.15) is 13.3 Å². The van der Waals surface area contributed by atoms with Crippen molar-refractivity contribution in [1.82, 2.24) is 10.2 Å². The van der Waals surface area contributed by atoms with Crippen LogP contribution in [0.3, 0.4) is 0 Å². The molecule has 22 heavy (non-hydrogen) atoms. The summed E-state index contributed by atoms with van der Waals surface area (Å²) in [6, 6.07) is 0. The van der Waals surface area contributed by atoms with Gasteiger partial charge in [0.2, 0.25) is 0 Å². The Hall–Kier alpha value is 0.0600. The predicted octanol–water partition coefficient (Wildman–Crippen LogP) is 0.951. The van der Waals surface area contributed by atoms with E-state index in [1.807, 2.05) is 14.0 Å². The second kappa shape index (κ2) is 17.4. The van der Waals surface area contributed by atoms with E-state index in [1.165, 1.54) is 12.0 Å². The van der Waals surface area contributed by atoms with Crippen molar-refractivity contribution >= 4 is 33.8 Å². The summed E-state index contributed by atoms with van der Waals surface area (Å²) >= 11 is 4.31. The molecule has 132 valence electrons. The van der Waals surface area contributed by atoms with Crippen LogP contribution in [0.25, 0.3) is 0 Å². The van der Waals surface area contributed by atoms with Crippen molar-refractivity contribution in [2.75, 3.05) is 47.5 Å². The molecule has 1 amide bonds. The lowest BCUT2D eigenvalue weighted by Crippen LogP contribution is -2.36. The fraction of sp³-hybridized carbons (Fsp3) is 0.917. The van der Waals surface area contributed by atoms with E-state index in [-0.39, 0.29) is 19.3 Å². The van der Waals surface area contributed by atoms with Gasteiger partial charge in [-0.15, -0.1) is 0 Å². The molecule has 0 radical (unpaired) electrons. The highest BCUT2D eigenvalue weighted by molar-refractivity contribution is 8.24. The molecule has 7 nitrogen and oxygen atoms in total. The molecule has 0 aromatic carbocycles. The molecule has 0 spiro atoms. The summed E-state index contributed by atoms with van der Waals surface area (Å²) in [5, 5.41) is 12.0. The number of ether oxygens (including phenoxy) is 3. The third-order valence-corrected chi connectivity index (χ3v) is 2.62. The molecular weight excluding hydrogens is 346 g/mol. The third kappa shape index (κ3) is 13.7. The largest absolute Gasteiger partial charge is 0.444 e. The molecule has 0 bridgehead atoms. The standard InChI is InChI=1S/C12H26N2O5.H2P2S/c1-5-10(8-15)19-11(17-4)9-18-12(16)14(3)7-6-13-2;1-2-3/h10-11,13,15H,5-9H2,1-4H3;1H2/p+1/i/hD. The fourth-order valence-corrected chi connectivity index (χ4v) is 1.27. The average Bonchev–Trinajstić information content (AvgIpc) is 2.52. The van der Waals surface area contributed by atoms with Crippen LogP contribution < -0.4 is 5.32 Å². The van der Waals surface area contributed by atoms with Crippen LogP contribution in [0.15, 0.2) is 0 Å². The lowest BCUT2D eigenvalue weighted by atomic mass is 10.3. The van der Waals surface area contributed by atoms with E-state index in [4.69, 9.17) is 20.6 Å². The number of rotatable bonds is 10. The van der Waals surface area contributed by atoms with E-state index in [1.54, 1.807) is 7.05 Å². The van der Waals surface area contributed by atoms with Gasteiger partial charge < -0.3 is 29.5 Å². The Labute approximate surface area is 143 Å². The summed E-state index contributed by atoms with van der Waals surface area (Å²) in [4.78, 5) is 13.1. The Morgan fingerprint density at radius 3 is 2.64 bits per heavy atom. The molecule has 0 aromatic rings. The molecule has 0 aliphatic rings. The summed E-state index contributed by atoms with van der Waals surface area (Å²) in [7, 11) is 7.14. The van der Waals surface area contributed by atoms with Gasteiger partial charge in [0.1, 0.15) is 6.61 Å². The zero-order valence-electron chi connectivity index (χ0n) is 14.7. The summed E-state index contributed by atoms with van der Waals surface area (Å²) in [5.74, 6) is 0. The highest BCUT2D eigenvalue weighted by atomic mass is 32.6. The lowest BCUT2D eigenvalue weighted by Gasteiger charge is -2.23. The molecule has 0 saturated heterocycles. The molecule has 0 fully saturated rings. The van der Waals surface area contributed by atoms with Gasteiger partial charge in [-0.3, -0.25) is 0 Å². The van der Waals surface area contributed by atoms with Gasteiger partial charge in [0.25, 0.3) is 0 Å². The third-order valence-electron chi connectivity index (χ3n) is 2.62. The number of nitrogens with zero attached hydrogens (tertiary/aromatic N) is 1. The van der Waals surface area contributed by atoms with Crippen LogP contribution in [-0.2, 0) is 26.0 Å². The minimum absolute atomic E-state index is 0.00424. The number of nitrogens with one attached hydrogen (secondary N) is 1. The van der Waals surface area contributed by atoms with Gasteiger partial charge in [0.05, 0.1) is 21.6 Å². The van der Waals surface area contributed by atoms with E-state index in [9.17, 15) is 4.79 Å². The van der Waals surface area contributed by atoms with Gasteiger partial charge in [0, 0.05) is 27.2 Å². The Morgan fingerprint density at radius 1 is 1.64 bits per heavy atom. The van der Waals surface area contributed by atoms with Crippen LogP contribution in [0.4, 0.5) is 4.79 Å². The lowest BCUT2D eigenvalue weighted by molar-refractivity contribution is -0.182. The first-order valence-electron chi connectivity index (χ1n) is 7.29. The molecule has 0 rings (SSSR count). The van der Waals surface area contributed by atoms with Gasteiger partial charge in [-0.1, -0.05) is 6.92 Å². The molecule has 0 aliphatic carbocycles. The SMILES string of the molecule is CCC(CO)OC(COC(=O)N(C)CCNC)OC.[2H][P+](P)=S. The first kappa shape index (κ1) is 22.1. The quantitative estimate of drug-likeness (QED) is 0.434. The molecule has 0 saturated carbocycles. The van der Waals surface area contributed by atoms with Crippen LogP contribution >= 0.6 is 15.9 Å². The Morgan fingerprint density at radius 2 is 2.23 bits per heavy atom. The van der Waals surface area contributed by atoms with Crippen molar-refractivity contribution < 1.29 is 24.1 Å². The molecular formula is C12H29N2O5P2S+. The fourth-order valence-electron chi connectivity index (χ4n) is 1.27. The maximum atomic E-state index is 11.6. The minimum Gasteiger partial charge on any atom is -0.444 e. The molecule has 2 N–H and O–H groups in total. The number of hydrogen-bond acceptors (Lipinski definition) is 7. The summed E-state index contributed by atoms with van der Waals surface area (Å²) in [6.07, 6.45) is -0.755. The monoisotopic (exact) mass is 376 g/mol. The number of carbonyl (C=O) groups excluding carboxylic acids is 1. The second-order valence-corrected chi connectivity index (χ2v) is 6.96. The number of amides is 1. The van der Waals surface area contributed by atoms with Crippen molar-refractivity contribution in [2.24, 2.45) is 0 Å². The number of aliphatic hydroxyl groups is 1. The molecule has 0 aliphatic heterocycles. The van der Waals surface area contributed by atoms with E-state index in [2.05, 4.69) is 26.1 Å². The zero-order chi connectivity index (χ0) is 18.3. The number of aliphatic hydroxyl groups excluding tert-OH is 1. The van der Waals surface area contributed by atoms with Crippen LogP contribution in [0.2, 0.25) is 0 Å². The van der Waals surface area contributed by atoms with Crippen molar-refractivity contribution in [3.8, 4) is 0 Å². The smallest absolute Gasteiger partial charge is 0.409 e. The highest BCUT2D eigenvalue weighted by Gasteiger charge is 2.17. The predicted molar refractivity (Wildman–Crippen MR) is 96.3 cm³/mol. The van der Waals surface area contributed by atoms with Crippen LogP contribution in [0, 0.1) is 0 Å². The van der Waals surface area contributed by atoms with E-state index in [0.29, 0.717) is 19.5 Å². The maximum absolute atomic E-state index is 11.6. The molecule has 10 heteroatoms. The summed E-state index contributed by atoms with van der Waals surface area (Å²) < 4.78 is 22.0. The average molecular weight is 376 g/mol. The van der Waals surface area contributed by atoms with Crippen molar-refractivity contribution in [3.63, 3.8) is 0 Å². The maximum Gasteiger partial charge on any atom is 0.409 e. The molecule has 0 heterocycles. The Bertz CT molecular complexity index is 324.